The highest BCUT2D eigenvalue weighted by Crippen LogP contribution is 2.26. The molecular weight excluding hydrogens is 439 g/mol. The summed E-state index contributed by atoms with van der Waals surface area (Å²) in [6.07, 6.45) is 1.41. The summed E-state index contributed by atoms with van der Waals surface area (Å²) in [5, 5.41) is 8.77. The third-order valence-corrected chi connectivity index (χ3v) is 6.40. The molecule has 4 rings (SSSR count). The average molecular weight is 469 g/mol. The van der Waals surface area contributed by atoms with E-state index < -0.39 is 5.82 Å². The molecule has 2 heterocycles. The van der Waals surface area contributed by atoms with Crippen LogP contribution >= 0.6 is 0 Å². The molecule has 0 aliphatic carbocycles. The number of ether oxygens (including phenoxy) is 1. The predicted octanol–water partition coefficient (Wildman–Crippen LogP) is 1.60. The standard InChI is InChI=1S/C25H29FN4O4/c1-34-21-8-5-16(6-9-21)13-27-23(31)10-7-20-14-28-25(33)22-12-19(15-30(20)22)29-24(32)17-3-2-4-18(26)11-17/h2-6,8-9,11,19-20,22H,7,10,12-15H2,1H3,(H,27,31)(H,28,33)(H,29,32)/t19-,20+,22-/m0/s1. The van der Waals surface area contributed by atoms with Gasteiger partial charge in [0.15, 0.2) is 0 Å². The summed E-state index contributed by atoms with van der Waals surface area (Å²) in [4.78, 5) is 39.4. The van der Waals surface area contributed by atoms with Crippen molar-refractivity contribution in [1.82, 2.24) is 20.9 Å². The minimum Gasteiger partial charge on any atom is -0.497 e. The van der Waals surface area contributed by atoms with E-state index in [9.17, 15) is 18.8 Å². The molecule has 2 saturated heterocycles. The molecule has 2 fully saturated rings. The van der Waals surface area contributed by atoms with Crippen molar-refractivity contribution >= 4 is 17.7 Å². The third-order valence-electron chi connectivity index (χ3n) is 6.40. The molecule has 0 unspecified atom stereocenters. The van der Waals surface area contributed by atoms with Gasteiger partial charge in [0.05, 0.1) is 13.2 Å². The van der Waals surface area contributed by atoms with Gasteiger partial charge >= 0.3 is 0 Å². The van der Waals surface area contributed by atoms with Gasteiger partial charge in [0, 0.05) is 43.7 Å². The molecule has 2 aliphatic rings. The Kier molecular flexibility index (Phi) is 7.42. The van der Waals surface area contributed by atoms with Gasteiger partial charge in [0.2, 0.25) is 11.8 Å². The second kappa shape index (κ2) is 10.6. The first-order valence-corrected chi connectivity index (χ1v) is 11.4. The number of nitrogens with one attached hydrogen (secondary N) is 3. The van der Waals surface area contributed by atoms with Gasteiger partial charge in [0.1, 0.15) is 11.6 Å². The lowest BCUT2D eigenvalue weighted by Crippen LogP contribution is -2.58. The van der Waals surface area contributed by atoms with Crippen LogP contribution in [0, 0.1) is 5.82 Å². The van der Waals surface area contributed by atoms with E-state index in [1.165, 1.54) is 18.2 Å². The predicted molar refractivity (Wildman–Crippen MR) is 124 cm³/mol. The largest absolute Gasteiger partial charge is 0.497 e. The van der Waals surface area contributed by atoms with Gasteiger partial charge in [-0.2, -0.15) is 0 Å². The Bertz CT molecular complexity index is 1050. The van der Waals surface area contributed by atoms with Crippen LogP contribution in [0.2, 0.25) is 0 Å². The Labute approximate surface area is 197 Å². The number of amides is 3. The molecule has 3 N–H and O–H groups in total. The first-order chi connectivity index (χ1) is 16.4. The highest BCUT2D eigenvalue weighted by Gasteiger charge is 2.43. The molecule has 0 saturated carbocycles. The van der Waals surface area contributed by atoms with Gasteiger partial charge in [-0.1, -0.05) is 18.2 Å². The molecule has 0 spiro atoms. The number of carbonyl (C=O) groups is 3. The van der Waals surface area contributed by atoms with Crippen LogP contribution in [0.1, 0.15) is 35.2 Å². The van der Waals surface area contributed by atoms with Crippen molar-refractivity contribution in [2.75, 3.05) is 20.2 Å². The molecule has 9 heteroatoms. The summed E-state index contributed by atoms with van der Waals surface area (Å²) in [5.74, 6) is -0.192. The SMILES string of the molecule is COc1ccc(CNC(=O)CC[C@@H]2CNC(=O)[C@@H]3C[C@H](NC(=O)c4cccc(F)c4)CN23)cc1. The third kappa shape index (κ3) is 5.72. The fourth-order valence-electron chi connectivity index (χ4n) is 4.58. The minimum atomic E-state index is -0.471. The molecule has 0 aromatic heterocycles. The van der Waals surface area contributed by atoms with Crippen molar-refractivity contribution in [3.8, 4) is 5.75 Å². The Morgan fingerprint density at radius 2 is 2.00 bits per heavy atom. The van der Waals surface area contributed by atoms with E-state index in [2.05, 4.69) is 20.9 Å². The molecule has 0 bridgehead atoms. The molecule has 2 aromatic carbocycles. The highest BCUT2D eigenvalue weighted by molar-refractivity contribution is 5.94. The fourth-order valence-corrected chi connectivity index (χ4v) is 4.58. The second-order valence-corrected chi connectivity index (χ2v) is 8.69. The molecular formula is C25H29FN4O4. The van der Waals surface area contributed by atoms with E-state index >= 15 is 0 Å². The number of fused-ring (bicyclic) bond motifs is 1. The van der Waals surface area contributed by atoms with Crippen LogP contribution in [-0.4, -0.2) is 60.9 Å². The van der Waals surface area contributed by atoms with E-state index in [-0.39, 0.29) is 41.4 Å². The fraction of sp³-hybridized carbons (Fsp3) is 0.400. The zero-order valence-corrected chi connectivity index (χ0v) is 19.1. The molecule has 180 valence electrons. The van der Waals surface area contributed by atoms with Crippen molar-refractivity contribution in [2.45, 2.75) is 43.9 Å². The number of halogens is 1. The van der Waals surface area contributed by atoms with Crippen LogP contribution in [-0.2, 0) is 16.1 Å². The topological polar surface area (TPSA) is 99.8 Å². The highest BCUT2D eigenvalue weighted by atomic mass is 19.1. The monoisotopic (exact) mass is 468 g/mol. The number of nitrogens with zero attached hydrogens (tertiary/aromatic N) is 1. The van der Waals surface area contributed by atoms with E-state index in [1.807, 2.05) is 24.3 Å². The molecule has 3 amide bonds. The number of methoxy groups -OCH3 is 1. The quantitative estimate of drug-likeness (QED) is 0.547. The number of benzene rings is 2. The van der Waals surface area contributed by atoms with E-state index in [4.69, 9.17) is 4.74 Å². The van der Waals surface area contributed by atoms with Crippen molar-refractivity contribution in [1.29, 1.82) is 0 Å². The first-order valence-electron chi connectivity index (χ1n) is 11.4. The van der Waals surface area contributed by atoms with Crippen LogP contribution in [0.4, 0.5) is 4.39 Å². The minimum absolute atomic E-state index is 0.00510. The van der Waals surface area contributed by atoms with Crippen LogP contribution < -0.4 is 20.7 Å². The van der Waals surface area contributed by atoms with Crippen LogP contribution in [0.15, 0.2) is 48.5 Å². The number of hydrogen-bond acceptors (Lipinski definition) is 5. The Balaban J connectivity index is 1.28. The summed E-state index contributed by atoms with van der Waals surface area (Å²) in [7, 11) is 1.61. The van der Waals surface area contributed by atoms with Gasteiger partial charge in [-0.05, 0) is 48.7 Å². The maximum atomic E-state index is 13.4. The lowest BCUT2D eigenvalue weighted by Gasteiger charge is -2.37. The summed E-state index contributed by atoms with van der Waals surface area (Å²) in [6.45, 7) is 1.41. The van der Waals surface area contributed by atoms with Crippen molar-refractivity contribution < 1.29 is 23.5 Å². The van der Waals surface area contributed by atoms with E-state index in [1.54, 1.807) is 13.2 Å². The number of piperazine rings is 1. The molecule has 3 atom stereocenters. The van der Waals surface area contributed by atoms with Crippen LogP contribution in [0.25, 0.3) is 0 Å². The van der Waals surface area contributed by atoms with Gasteiger partial charge in [-0.3, -0.25) is 19.3 Å². The lowest BCUT2D eigenvalue weighted by molar-refractivity contribution is -0.129. The molecule has 2 aliphatic heterocycles. The Morgan fingerprint density at radius 3 is 2.74 bits per heavy atom. The second-order valence-electron chi connectivity index (χ2n) is 8.69. The van der Waals surface area contributed by atoms with Crippen molar-refractivity contribution in [3.63, 3.8) is 0 Å². The molecule has 2 aromatic rings. The number of hydrogen-bond donors (Lipinski definition) is 3. The van der Waals surface area contributed by atoms with Gasteiger partial charge < -0.3 is 20.7 Å². The maximum Gasteiger partial charge on any atom is 0.251 e. The van der Waals surface area contributed by atoms with Crippen molar-refractivity contribution in [3.05, 3.63) is 65.5 Å². The van der Waals surface area contributed by atoms with Crippen LogP contribution in [0.5, 0.6) is 5.75 Å². The molecule has 8 nitrogen and oxygen atoms in total. The van der Waals surface area contributed by atoms with Gasteiger partial charge in [-0.15, -0.1) is 0 Å². The average Bonchev–Trinajstić information content (AvgIpc) is 3.27. The van der Waals surface area contributed by atoms with E-state index in [0.29, 0.717) is 38.9 Å². The van der Waals surface area contributed by atoms with E-state index in [0.717, 1.165) is 11.3 Å². The van der Waals surface area contributed by atoms with Gasteiger partial charge in [-0.25, -0.2) is 4.39 Å². The van der Waals surface area contributed by atoms with Gasteiger partial charge in [0.25, 0.3) is 5.91 Å². The number of rotatable bonds is 8. The zero-order valence-electron chi connectivity index (χ0n) is 19.1. The molecule has 0 radical (unpaired) electrons. The number of carbonyl (C=O) groups excluding carboxylic acids is 3. The molecule has 34 heavy (non-hydrogen) atoms. The zero-order chi connectivity index (χ0) is 24.1. The summed E-state index contributed by atoms with van der Waals surface area (Å²) >= 11 is 0. The first kappa shape index (κ1) is 23.7. The van der Waals surface area contributed by atoms with Crippen molar-refractivity contribution in [2.24, 2.45) is 0 Å². The normalized spacial score (nSPS) is 21.9. The summed E-state index contributed by atoms with van der Waals surface area (Å²) < 4.78 is 18.6. The Morgan fingerprint density at radius 1 is 1.21 bits per heavy atom. The van der Waals surface area contributed by atoms with Crippen LogP contribution in [0.3, 0.4) is 0 Å². The smallest absolute Gasteiger partial charge is 0.251 e. The summed E-state index contributed by atoms with van der Waals surface area (Å²) in [6, 6.07) is 12.5. The maximum absolute atomic E-state index is 13.4. The Hall–Kier alpha value is -3.46. The lowest BCUT2D eigenvalue weighted by atomic mass is 10.0. The summed E-state index contributed by atoms with van der Waals surface area (Å²) in [5.41, 5.74) is 1.23.